The predicted molar refractivity (Wildman–Crippen MR) is 48.1 cm³/mol. The summed E-state index contributed by atoms with van der Waals surface area (Å²) in [6.45, 7) is 0.280. The van der Waals surface area contributed by atoms with E-state index in [4.69, 9.17) is 11.6 Å². The lowest BCUT2D eigenvalue weighted by molar-refractivity contribution is -0.385. The number of rotatable bonds is 3. The summed E-state index contributed by atoms with van der Waals surface area (Å²) >= 11 is 5.41. The minimum absolute atomic E-state index is 0.107. The average molecular weight is 203 g/mol. The number of aryl methyl sites for hydroxylation is 1. The van der Waals surface area contributed by atoms with Crippen molar-refractivity contribution in [2.24, 2.45) is 0 Å². The molecule has 0 unspecified atom stereocenters. The van der Waals surface area contributed by atoms with E-state index in [2.05, 4.69) is 0 Å². The molecule has 0 N–H and O–H groups in total. The van der Waals surface area contributed by atoms with Gasteiger partial charge in [0.05, 0.1) is 11.1 Å². The second kappa shape index (κ2) is 4.04. The maximum Gasteiger partial charge on any atom is 0.285 e. The SMILES string of the molecule is O=c1ccc([N+](=O)[O-])cn1CCCl. The van der Waals surface area contributed by atoms with Crippen LogP contribution in [0.4, 0.5) is 5.69 Å². The van der Waals surface area contributed by atoms with Crippen molar-refractivity contribution in [2.45, 2.75) is 6.54 Å². The number of hydrogen-bond acceptors (Lipinski definition) is 3. The third kappa shape index (κ3) is 2.29. The molecule has 0 aliphatic rings. The van der Waals surface area contributed by atoms with Crippen LogP contribution in [0.3, 0.4) is 0 Å². The van der Waals surface area contributed by atoms with Gasteiger partial charge in [-0.25, -0.2) is 0 Å². The van der Waals surface area contributed by atoms with Gasteiger partial charge in [-0.2, -0.15) is 0 Å². The highest BCUT2D eigenvalue weighted by atomic mass is 35.5. The molecule has 0 aliphatic heterocycles. The maximum atomic E-state index is 11.1. The Kier molecular flexibility index (Phi) is 3.02. The Balaban J connectivity index is 3.11. The first-order valence-electron chi connectivity index (χ1n) is 3.56. The van der Waals surface area contributed by atoms with Gasteiger partial charge in [-0.3, -0.25) is 14.9 Å². The molecule has 0 atom stereocenters. The maximum absolute atomic E-state index is 11.1. The van der Waals surface area contributed by atoms with Gasteiger partial charge in [0.15, 0.2) is 0 Å². The number of hydrogen-bond donors (Lipinski definition) is 0. The molecule has 0 spiro atoms. The fourth-order valence-corrected chi connectivity index (χ4v) is 1.07. The van der Waals surface area contributed by atoms with E-state index in [0.717, 1.165) is 6.07 Å². The molecule has 13 heavy (non-hydrogen) atoms. The van der Waals surface area contributed by atoms with E-state index in [0.29, 0.717) is 0 Å². The van der Waals surface area contributed by atoms with Crippen LogP contribution in [0.2, 0.25) is 0 Å². The molecule has 5 nitrogen and oxygen atoms in total. The Labute approximate surface area is 78.7 Å². The summed E-state index contributed by atoms with van der Waals surface area (Å²) in [5.74, 6) is 0.251. The molecule has 0 fully saturated rings. The first kappa shape index (κ1) is 9.73. The lowest BCUT2D eigenvalue weighted by Gasteiger charge is -2.00. The Morgan fingerprint density at radius 3 is 2.77 bits per heavy atom. The summed E-state index contributed by atoms with van der Waals surface area (Å²) in [6.07, 6.45) is 1.19. The van der Waals surface area contributed by atoms with Gasteiger partial charge in [-0.05, 0) is 0 Å². The van der Waals surface area contributed by atoms with Gasteiger partial charge >= 0.3 is 0 Å². The fraction of sp³-hybridized carbons (Fsp3) is 0.286. The standard InChI is InChI=1S/C7H7ClN2O3/c8-3-4-9-5-6(10(12)13)1-2-7(9)11/h1-2,5H,3-4H2. The minimum Gasteiger partial charge on any atom is -0.308 e. The molecule has 1 aromatic rings. The highest BCUT2D eigenvalue weighted by Gasteiger charge is 2.06. The van der Waals surface area contributed by atoms with Crippen molar-refractivity contribution in [3.05, 3.63) is 38.8 Å². The quantitative estimate of drug-likeness (QED) is 0.417. The Bertz CT molecular complexity index is 374. The Hall–Kier alpha value is -1.36. The Morgan fingerprint density at radius 2 is 2.23 bits per heavy atom. The van der Waals surface area contributed by atoms with Crippen LogP contribution in [0.15, 0.2) is 23.1 Å². The molecule has 1 heterocycles. The van der Waals surface area contributed by atoms with Gasteiger partial charge in [-0.1, -0.05) is 0 Å². The Morgan fingerprint density at radius 1 is 1.54 bits per heavy atom. The zero-order chi connectivity index (χ0) is 9.84. The summed E-state index contributed by atoms with van der Waals surface area (Å²) in [5, 5.41) is 10.3. The van der Waals surface area contributed by atoms with Crippen molar-refractivity contribution in [3.63, 3.8) is 0 Å². The minimum atomic E-state index is -0.551. The molecular weight excluding hydrogens is 196 g/mol. The topological polar surface area (TPSA) is 65.1 Å². The third-order valence-electron chi connectivity index (χ3n) is 1.50. The molecule has 0 aliphatic carbocycles. The van der Waals surface area contributed by atoms with Crippen LogP contribution in [-0.4, -0.2) is 15.4 Å². The van der Waals surface area contributed by atoms with Crippen LogP contribution in [0, 0.1) is 10.1 Å². The van der Waals surface area contributed by atoms with Crippen LogP contribution in [0.25, 0.3) is 0 Å². The summed E-state index contributed by atoms with van der Waals surface area (Å²) < 4.78 is 1.21. The van der Waals surface area contributed by atoms with E-state index in [9.17, 15) is 14.9 Å². The molecule has 0 saturated heterocycles. The highest BCUT2D eigenvalue weighted by Crippen LogP contribution is 2.05. The zero-order valence-corrected chi connectivity index (χ0v) is 7.40. The van der Waals surface area contributed by atoms with Gasteiger partial charge < -0.3 is 4.57 Å². The number of aromatic nitrogens is 1. The second-order valence-electron chi connectivity index (χ2n) is 2.37. The predicted octanol–water partition coefficient (Wildman–Crippen LogP) is 0.995. The summed E-state index contributed by atoms with van der Waals surface area (Å²) in [5.41, 5.74) is -0.393. The van der Waals surface area contributed by atoms with Crippen molar-refractivity contribution < 1.29 is 4.92 Å². The average Bonchev–Trinajstić information content (AvgIpc) is 2.08. The van der Waals surface area contributed by atoms with Gasteiger partial charge in [0.1, 0.15) is 0 Å². The molecule has 0 radical (unpaired) electrons. The number of pyridine rings is 1. The zero-order valence-electron chi connectivity index (χ0n) is 6.64. The second-order valence-corrected chi connectivity index (χ2v) is 2.74. The molecule has 70 valence electrons. The van der Waals surface area contributed by atoms with Crippen molar-refractivity contribution in [3.8, 4) is 0 Å². The number of nitrogens with zero attached hydrogens (tertiary/aromatic N) is 2. The largest absolute Gasteiger partial charge is 0.308 e. The molecule has 0 bridgehead atoms. The normalized spacial score (nSPS) is 9.92. The van der Waals surface area contributed by atoms with Crippen molar-refractivity contribution in [2.75, 3.05) is 5.88 Å². The monoisotopic (exact) mass is 202 g/mol. The smallest absolute Gasteiger partial charge is 0.285 e. The van der Waals surface area contributed by atoms with Gasteiger partial charge in [-0.15, -0.1) is 11.6 Å². The lowest BCUT2D eigenvalue weighted by atomic mass is 10.4. The number of nitro groups is 1. The summed E-state index contributed by atoms with van der Waals surface area (Å²) in [4.78, 5) is 20.8. The van der Waals surface area contributed by atoms with E-state index in [1.165, 1.54) is 16.8 Å². The van der Waals surface area contributed by atoms with Crippen LogP contribution < -0.4 is 5.56 Å². The van der Waals surface area contributed by atoms with Crippen molar-refractivity contribution >= 4 is 17.3 Å². The molecule has 1 aromatic heterocycles. The molecule has 0 aromatic carbocycles. The van der Waals surface area contributed by atoms with E-state index >= 15 is 0 Å². The first-order valence-corrected chi connectivity index (χ1v) is 4.09. The molecular formula is C7H7ClN2O3. The summed E-state index contributed by atoms with van der Waals surface area (Å²) in [6, 6.07) is 2.33. The molecule has 1 rings (SSSR count). The molecule has 0 saturated carbocycles. The van der Waals surface area contributed by atoms with Crippen molar-refractivity contribution in [1.29, 1.82) is 0 Å². The van der Waals surface area contributed by atoms with E-state index in [-0.39, 0.29) is 23.7 Å². The van der Waals surface area contributed by atoms with Crippen LogP contribution in [0.1, 0.15) is 0 Å². The van der Waals surface area contributed by atoms with Crippen LogP contribution in [0.5, 0.6) is 0 Å². The summed E-state index contributed by atoms with van der Waals surface area (Å²) in [7, 11) is 0. The highest BCUT2D eigenvalue weighted by molar-refractivity contribution is 6.17. The van der Waals surface area contributed by atoms with Gasteiger partial charge in [0.2, 0.25) is 0 Å². The van der Waals surface area contributed by atoms with Crippen LogP contribution in [-0.2, 0) is 6.54 Å². The first-order chi connectivity index (χ1) is 6.15. The van der Waals surface area contributed by atoms with Crippen LogP contribution >= 0.6 is 11.6 Å². The molecule has 6 heteroatoms. The van der Waals surface area contributed by atoms with Crippen molar-refractivity contribution in [1.82, 2.24) is 4.57 Å². The third-order valence-corrected chi connectivity index (χ3v) is 1.67. The fourth-order valence-electron chi connectivity index (χ4n) is 0.893. The van der Waals surface area contributed by atoms with E-state index in [1.54, 1.807) is 0 Å². The number of halogens is 1. The van der Waals surface area contributed by atoms with Gasteiger partial charge in [0.25, 0.3) is 11.2 Å². The van der Waals surface area contributed by atoms with E-state index < -0.39 is 4.92 Å². The number of alkyl halides is 1. The lowest BCUT2D eigenvalue weighted by Crippen LogP contribution is -2.19. The van der Waals surface area contributed by atoms with E-state index in [1.807, 2.05) is 0 Å². The van der Waals surface area contributed by atoms with Gasteiger partial charge in [0, 0.05) is 24.6 Å². The molecule has 0 amide bonds.